The van der Waals surface area contributed by atoms with Crippen molar-refractivity contribution in [1.29, 1.82) is 0 Å². The number of cyclic esters (lactones) is 1. The summed E-state index contributed by atoms with van der Waals surface area (Å²) in [6, 6.07) is 4.85. The second kappa shape index (κ2) is 3.77. The Bertz CT molecular complexity index is 432. The maximum absolute atomic E-state index is 11.4. The first kappa shape index (κ1) is 9.77. The molecule has 0 fully saturated rings. The monoisotopic (exact) mass is 204 g/mol. The summed E-state index contributed by atoms with van der Waals surface area (Å²) in [5.74, 6) is 0.193. The number of aromatic hydroxyl groups is 1. The lowest BCUT2D eigenvalue weighted by Gasteiger charge is -2.00. The Morgan fingerprint density at radius 3 is 3.00 bits per heavy atom. The van der Waals surface area contributed by atoms with Crippen molar-refractivity contribution in [3.8, 4) is 5.75 Å². The average molecular weight is 204 g/mol. The number of allylic oxidation sites excluding steroid dienone is 1. The zero-order valence-corrected chi connectivity index (χ0v) is 8.49. The van der Waals surface area contributed by atoms with Crippen LogP contribution in [-0.4, -0.2) is 11.1 Å². The maximum atomic E-state index is 11.4. The minimum Gasteiger partial charge on any atom is -0.507 e. The molecule has 0 atom stereocenters. The van der Waals surface area contributed by atoms with Crippen LogP contribution in [0.3, 0.4) is 0 Å². The summed E-state index contributed by atoms with van der Waals surface area (Å²) in [5.41, 5.74) is 0.966. The number of carbonyl (C=O) groups excluding carboxylic acids is 1. The van der Waals surface area contributed by atoms with Gasteiger partial charge in [0, 0.05) is 0 Å². The highest BCUT2D eigenvalue weighted by Gasteiger charge is 2.28. The lowest BCUT2D eigenvalue weighted by atomic mass is 10.1. The fourth-order valence-electron chi connectivity index (χ4n) is 1.59. The van der Waals surface area contributed by atoms with E-state index in [1.54, 1.807) is 18.2 Å². The van der Waals surface area contributed by atoms with Crippen LogP contribution in [0.25, 0.3) is 5.76 Å². The predicted octanol–water partition coefficient (Wildman–Crippen LogP) is 2.70. The number of esters is 1. The Hall–Kier alpha value is -1.77. The molecule has 1 heterocycles. The summed E-state index contributed by atoms with van der Waals surface area (Å²) in [6.07, 6.45) is 3.64. The number of hydrogen-bond acceptors (Lipinski definition) is 3. The van der Waals surface area contributed by atoms with E-state index in [-0.39, 0.29) is 11.7 Å². The van der Waals surface area contributed by atoms with Gasteiger partial charge in [-0.2, -0.15) is 0 Å². The molecule has 0 unspecified atom stereocenters. The molecule has 2 rings (SSSR count). The molecule has 15 heavy (non-hydrogen) atoms. The Balaban J connectivity index is 2.49. The second-order valence-corrected chi connectivity index (χ2v) is 3.45. The zero-order valence-electron chi connectivity index (χ0n) is 8.49. The van der Waals surface area contributed by atoms with Gasteiger partial charge in [-0.25, -0.2) is 4.79 Å². The molecule has 0 radical (unpaired) electrons. The van der Waals surface area contributed by atoms with Crippen molar-refractivity contribution in [3.05, 3.63) is 35.4 Å². The highest BCUT2D eigenvalue weighted by atomic mass is 16.5. The van der Waals surface area contributed by atoms with E-state index < -0.39 is 0 Å². The zero-order chi connectivity index (χ0) is 10.8. The second-order valence-electron chi connectivity index (χ2n) is 3.45. The van der Waals surface area contributed by atoms with Crippen LogP contribution < -0.4 is 0 Å². The molecular weight excluding hydrogens is 192 g/mol. The average Bonchev–Trinajstić information content (AvgIpc) is 2.55. The molecule has 0 saturated heterocycles. The summed E-state index contributed by atoms with van der Waals surface area (Å²) in [5, 5.41) is 9.65. The highest BCUT2D eigenvalue weighted by Crippen LogP contribution is 2.36. The van der Waals surface area contributed by atoms with Crippen LogP contribution in [0.2, 0.25) is 0 Å². The predicted molar refractivity (Wildman–Crippen MR) is 56.4 cm³/mol. The van der Waals surface area contributed by atoms with Gasteiger partial charge in [-0.3, -0.25) is 0 Å². The third kappa shape index (κ3) is 1.61. The Kier molecular flexibility index (Phi) is 2.46. The van der Waals surface area contributed by atoms with Gasteiger partial charge in [0.15, 0.2) is 0 Å². The van der Waals surface area contributed by atoms with Crippen molar-refractivity contribution in [1.82, 2.24) is 0 Å². The summed E-state index contributed by atoms with van der Waals surface area (Å²) in [7, 11) is 0. The first-order chi connectivity index (χ1) is 7.24. The maximum Gasteiger partial charge on any atom is 0.344 e. The Morgan fingerprint density at radius 1 is 1.47 bits per heavy atom. The molecule has 0 aliphatic carbocycles. The third-order valence-corrected chi connectivity index (χ3v) is 2.33. The SMILES string of the molecule is CCCC=C1OC(=O)c2cccc(O)c21. The van der Waals surface area contributed by atoms with Gasteiger partial charge in [-0.05, 0) is 24.6 Å². The van der Waals surface area contributed by atoms with Gasteiger partial charge in [0.05, 0.1) is 11.1 Å². The van der Waals surface area contributed by atoms with E-state index in [1.807, 2.05) is 13.0 Å². The molecule has 1 N–H and O–H groups in total. The molecule has 1 aromatic rings. The van der Waals surface area contributed by atoms with Crippen molar-refractivity contribution in [2.75, 3.05) is 0 Å². The lowest BCUT2D eigenvalue weighted by Crippen LogP contribution is -1.92. The highest BCUT2D eigenvalue weighted by molar-refractivity contribution is 6.04. The van der Waals surface area contributed by atoms with Crippen LogP contribution >= 0.6 is 0 Å². The van der Waals surface area contributed by atoms with Crippen molar-refractivity contribution in [2.24, 2.45) is 0 Å². The van der Waals surface area contributed by atoms with Crippen LogP contribution in [0, 0.1) is 0 Å². The first-order valence-electron chi connectivity index (χ1n) is 4.98. The molecule has 3 nitrogen and oxygen atoms in total. The normalized spacial score (nSPS) is 16.6. The van der Waals surface area contributed by atoms with Crippen molar-refractivity contribution >= 4 is 11.7 Å². The number of ether oxygens (including phenoxy) is 1. The van der Waals surface area contributed by atoms with Gasteiger partial charge in [0.25, 0.3) is 0 Å². The summed E-state index contributed by atoms with van der Waals surface area (Å²) in [6.45, 7) is 2.04. The molecule has 1 aliphatic heterocycles. The van der Waals surface area contributed by atoms with E-state index in [1.165, 1.54) is 0 Å². The minimum atomic E-state index is -0.386. The smallest absolute Gasteiger partial charge is 0.344 e. The van der Waals surface area contributed by atoms with Gasteiger partial charge in [0.1, 0.15) is 11.5 Å². The van der Waals surface area contributed by atoms with Gasteiger partial charge in [-0.15, -0.1) is 0 Å². The number of fused-ring (bicyclic) bond motifs is 1. The number of carbonyl (C=O) groups is 1. The number of hydrogen-bond donors (Lipinski definition) is 1. The molecule has 3 heteroatoms. The summed E-state index contributed by atoms with van der Waals surface area (Å²) < 4.78 is 5.08. The van der Waals surface area contributed by atoms with E-state index in [0.29, 0.717) is 16.9 Å². The van der Waals surface area contributed by atoms with E-state index in [2.05, 4.69) is 0 Å². The molecule has 1 aliphatic rings. The van der Waals surface area contributed by atoms with Crippen LogP contribution in [0.15, 0.2) is 24.3 Å². The Labute approximate surface area is 88.0 Å². The molecule has 0 spiro atoms. The van der Waals surface area contributed by atoms with Crippen molar-refractivity contribution < 1.29 is 14.6 Å². The molecule has 1 aromatic carbocycles. The van der Waals surface area contributed by atoms with Crippen LogP contribution in [0.4, 0.5) is 0 Å². The van der Waals surface area contributed by atoms with Gasteiger partial charge >= 0.3 is 5.97 Å². The molecule has 0 saturated carbocycles. The van der Waals surface area contributed by atoms with E-state index in [9.17, 15) is 9.90 Å². The molecular formula is C12H12O3. The fourth-order valence-corrected chi connectivity index (χ4v) is 1.59. The number of phenols is 1. The number of benzene rings is 1. The molecule has 0 bridgehead atoms. The van der Waals surface area contributed by atoms with Crippen molar-refractivity contribution in [3.63, 3.8) is 0 Å². The summed E-state index contributed by atoms with van der Waals surface area (Å²) in [4.78, 5) is 11.4. The topological polar surface area (TPSA) is 46.5 Å². The molecule has 0 aromatic heterocycles. The van der Waals surface area contributed by atoms with E-state index in [0.717, 1.165) is 12.8 Å². The first-order valence-corrected chi connectivity index (χ1v) is 4.98. The van der Waals surface area contributed by atoms with Crippen molar-refractivity contribution in [2.45, 2.75) is 19.8 Å². The minimum absolute atomic E-state index is 0.0979. The molecule has 78 valence electrons. The largest absolute Gasteiger partial charge is 0.507 e. The number of phenolic OH excluding ortho intramolecular Hbond substituents is 1. The quantitative estimate of drug-likeness (QED) is 0.753. The van der Waals surface area contributed by atoms with E-state index in [4.69, 9.17) is 4.74 Å². The number of rotatable bonds is 2. The number of unbranched alkanes of at least 4 members (excludes halogenated alkanes) is 1. The van der Waals surface area contributed by atoms with Crippen LogP contribution in [0.5, 0.6) is 5.75 Å². The lowest BCUT2D eigenvalue weighted by molar-refractivity contribution is 0.0715. The van der Waals surface area contributed by atoms with Gasteiger partial charge < -0.3 is 9.84 Å². The fraction of sp³-hybridized carbons (Fsp3) is 0.250. The Morgan fingerprint density at radius 2 is 2.27 bits per heavy atom. The standard InChI is InChI=1S/C12H12O3/c1-2-3-7-10-11-8(12(14)15-10)5-4-6-9(11)13/h4-7,13H,2-3H2,1H3. The molecule has 0 amide bonds. The van der Waals surface area contributed by atoms with E-state index >= 15 is 0 Å². The van der Waals surface area contributed by atoms with Crippen LogP contribution in [0.1, 0.15) is 35.7 Å². The third-order valence-electron chi connectivity index (χ3n) is 2.33. The van der Waals surface area contributed by atoms with Crippen LogP contribution in [-0.2, 0) is 4.74 Å². The summed E-state index contributed by atoms with van der Waals surface area (Å²) >= 11 is 0. The van der Waals surface area contributed by atoms with Gasteiger partial charge in [0.2, 0.25) is 0 Å². The van der Waals surface area contributed by atoms with Gasteiger partial charge in [-0.1, -0.05) is 19.4 Å².